The molecule has 0 aliphatic carbocycles. The third kappa shape index (κ3) is 4.55. The van der Waals surface area contributed by atoms with Crippen molar-refractivity contribution in [3.8, 4) is 0 Å². The SMILES string of the molecule is CC(C)(C)/C(=C\C(F)(F)F)C(=O)O. The zero-order chi connectivity index (χ0) is 10.9. The molecule has 0 aromatic carbocycles. The van der Waals surface area contributed by atoms with Gasteiger partial charge in [0.15, 0.2) is 0 Å². The third-order valence-corrected chi connectivity index (χ3v) is 1.35. The van der Waals surface area contributed by atoms with Crippen LogP contribution in [0.2, 0.25) is 0 Å². The van der Waals surface area contributed by atoms with E-state index in [2.05, 4.69) is 0 Å². The number of hydrogen-bond acceptors (Lipinski definition) is 1. The standard InChI is InChI=1S/C8H11F3O2/c1-7(2,3)5(6(12)13)4-8(9,10)11/h4H,1-3H3,(H,12,13)/b5-4-. The van der Waals surface area contributed by atoms with Gasteiger partial charge in [-0.3, -0.25) is 0 Å². The average molecular weight is 196 g/mol. The maximum atomic E-state index is 11.9. The molecule has 0 amide bonds. The van der Waals surface area contributed by atoms with Crippen LogP contribution in [0.25, 0.3) is 0 Å². The first-order valence-electron chi connectivity index (χ1n) is 3.57. The first kappa shape index (κ1) is 12.0. The quantitative estimate of drug-likeness (QED) is 0.654. The van der Waals surface area contributed by atoms with Crippen molar-refractivity contribution in [2.45, 2.75) is 26.9 Å². The second-order valence-corrected chi connectivity index (χ2v) is 3.65. The molecular formula is C8H11F3O2. The van der Waals surface area contributed by atoms with Crippen LogP contribution >= 0.6 is 0 Å². The Bertz CT molecular complexity index is 233. The molecule has 13 heavy (non-hydrogen) atoms. The van der Waals surface area contributed by atoms with Gasteiger partial charge in [0, 0.05) is 11.6 Å². The molecule has 0 unspecified atom stereocenters. The van der Waals surface area contributed by atoms with E-state index >= 15 is 0 Å². The summed E-state index contributed by atoms with van der Waals surface area (Å²) >= 11 is 0. The van der Waals surface area contributed by atoms with Crippen molar-refractivity contribution in [2.24, 2.45) is 5.41 Å². The lowest BCUT2D eigenvalue weighted by Crippen LogP contribution is -2.20. The van der Waals surface area contributed by atoms with Gasteiger partial charge in [-0.25, -0.2) is 4.79 Å². The predicted octanol–water partition coefficient (Wildman–Crippen LogP) is 2.61. The molecule has 0 saturated carbocycles. The molecule has 2 nitrogen and oxygen atoms in total. The number of rotatable bonds is 1. The smallest absolute Gasteiger partial charge is 0.410 e. The van der Waals surface area contributed by atoms with E-state index in [1.807, 2.05) is 0 Å². The number of hydrogen-bond donors (Lipinski definition) is 1. The minimum atomic E-state index is -4.58. The van der Waals surface area contributed by atoms with Gasteiger partial charge in [-0.1, -0.05) is 20.8 Å². The lowest BCUT2D eigenvalue weighted by Gasteiger charge is -2.19. The van der Waals surface area contributed by atoms with Crippen LogP contribution in [0.5, 0.6) is 0 Å². The molecule has 5 heteroatoms. The van der Waals surface area contributed by atoms with Crippen molar-refractivity contribution in [1.29, 1.82) is 0 Å². The molecule has 76 valence electrons. The summed E-state index contributed by atoms with van der Waals surface area (Å²) in [5, 5.41) is 8.50. The number of allylic oxidation sites excluding steroid dienone is 1. The Hall–Kier alpha value is -1.00. The summed E-state index contributed by atoms with van der Waals surface area (Å²) in [7, 11) is 0. The zero-order valence-corrected chi connectivity index (χ0v) is 7.57. The van der Waals surface area contributed by atoms with Crippen molar-refractivity contribution in [1.82, 2.24) is 0 Å². The Labute approximate surface area is 74.1 Å². The highest BCUT2D eigenvalue weighted by Gasteiger charge is 2.32. The van der Waals surface area contributed by atoms with Gasteiger partial charge in [-0.15, -0.1) is 0 Å². The van der Waals surface area contributed by atoms with E-state index in [0.29, 0.717) is 0 Å². The maximum Gasteiger partial charge on any atom is 0.410 e. The molecule has 0 saturated heterocycles. The second-order valence-electron chi connectivity index (χ2n) is 3.65. The fraction of sp³-hybridized carbons (Fsp3) is 0.625. The normalized spacial score (nSPS) is 14.5. The molecule has 0 spiro atoms. The van der Waals surface area contributed by atoms with Crippen molar-refractivity contribution >= 4 is 5.97 Å². The molecule has 0 fully saturated rings. The molecular weight excluding hydrogens is 185 g/mol. The van der Waals surface area contributed by atoms with E-state index in [0.717, 1.165) is 0 Å². The van der Waals surface area contributed by atoms with Crippen LogP contribution in [-0.4, -0.2) is 17.3 Å². The molecule has 0 heterocycles. The second kappa shape index (κ2) is 3.40. The summed E-state index contributed by atoms with van der Waals surface area (Å²) in [5.74, 6) is -1.54. The van der Waals surface area contributed by atoms with Crippen molar-refractivity contribution in [2.75, 3.05) is 0 Å². The van der Waals surface area contributed by atoms with Gasteiger partial charge in [0.1, 0.15) is 0 Å². The number of carboxylic acids is 1. The highest BCUT2D eigenvalue weighted by molar-refractivity contribution is 5.88. The Morgan fingerprint density at radius 3 is 1.69 bits per heavy atom. The summed E-state index contributed by atoms with van der Waals surface area (Å²) < 4.78 is 35.6. The van der Waals surface area contributed by atoms with Crippen LogP contribution in [0.4, 0.5) is 13.2 Å². The number of aliphatic carboxylic acids is 1. The maximum absolute atomic E-state index is 11.9. The van der Waals surface area contributed by atoms with Gasteiger partial charge >= 0.3 is 12.1 Å². The van der Waals surface area contributed by atoms with Crippen molar-refractivity contribution < 1.29 is 23.1 Å². The Kier molecular flexibility index (Phi) is 3.13. The lowest BCUT2D eigenvalue weighted by atomic mass is 9.86. The van der Waals surface area contributed by atoms with Crippen molar-refractivity contribution in [3.05, 3.63) is 11.6 Å². The minimum absolute atomic E-state index is 0.171. The minimum Gasteiger partial charge on any atom is -0.478 e. The number of carboxylic acid groups (broad SMARTS) is 1. The van der Waals surface area contributed by atoms with Crippen LogP contribution < -0.4 is 0 Å². The van der Waals surface area contributed by atoms with Gasteiger partial charge < -0.3 is 5.11 Å². The van der Waals surface area contributed by atoms with Crippen LogP contribution in [0.1, 0.15) is 20.8 Å². The van der Waals surface area contributed by atoms with E-state index in [4.69, 9.17) is 5.11 Å². The van der Waals surface area contributed by atoms with Gasteiger partial charge in [0.2, 0.25) is 0 Å². The largest absolute Gasteiger partial charge is 0.478 e. The van der Waals surface area contributed by atoms with Gasteiger partial charge in [0.05, 0.1) is 0 Å². The Balaban J connectivity index is 5.06. The summed E-state index contributed by atoms with van der Waals surface area (Å²) in [6.45, 7) is 4.25. The lowest BCUT2D eigenvalue weighted by molar-refractivity contribution is -0.134. The van der Waals surface area contributed by atoms with E-state index in [9.17, 15) is 18.0 Å². The molecule has 0 radical (unpaired) electrons. The highest BCUT2D eigenvalue weighted by Crippen LogP contribution is 2.29. The number of alkyl halides is 3. The fourth-order valence-electron chi connectivity index (χ4n) is 0.763. The Morgan fingerprint density at radius 2 is 1.62 bits per heavy atom. The molecule has 0 atom stereocenters. The number of halogens is 3. The average Bonchev–Trinajstić information content (AvgIpc) is 1.77. The van der Waals surface area contributed by atoms with Crippen LogP contribution in [-0.2, 0) is 4.79 Å². The Morgan fingerprint density at radius 1 is 1.23 bits per heavy atom. The first-order valence-corrected chi connectivity index (χ1v) is 3.57. The first-order chi connectivity index (χ1) is 5.54. The van der Waals surface area contributed by atoms with Crippen LogP contribution in [0.15, 0.2) is 11.6 Å². The molecule has 0 aliphatic rings. The van der Waals surface area contributed by atoms with E-state index in [1.165, 1.54) is 20.8 Å². The third-order valence-electron chi connectivity index (χ3n) is 1.35. The molecule has 0 aromatic rings. The summed E-state index contributed by atoms with van der Waals surface area (Å²) in [6.07, 6.45) is -4.75. The molecule has 0 aliphatic heterocycles. The van der Waals surface area contributed by atoms with E-state index in [1.54, 1.807) is 0 Å². The predicted molar refractivity (Wildman–Crippen MR) is 41.2 cm³/mol. The summed E-state index contributed by atoms with van der Waals surface area (Å²) in [4.78, 5) is 10.5. The number of carbonyl (C=O) groups is 1. The molecule has 1 N–H and O–H groups in total. The summed E-state index contributed by atoms with van der Waals surface area (Å²) in [6, 6.07) is 0. The zero-order valence-electron chi connectivity index (χ0n) is 7.57. The molecule has 0 aromatic heterocycles. The van der Waals surface area contributed by atoms with Gasteiger partial charge in [-0.05, 0) is 5.41 Å². The van der Waals surface area contributed by atoms with Crippen LogP contribution in [0.3, 0.4) is 0 Å². The van der Waals surface area contributed by atoms with E-state index in [-0.39, 0.29) is 6.08 Å². The monoisotopic (exact) mass is 196 g/mol. The van der Waals surface area contributed by atoms with E-state index < -0.39 is 23.1 Å². The fourth-order valence-corrected chi connectivity index (χ4v) is 0.763. The van der Waals surface area contributed by atoms with Crippen molar-refractivity contribution in [3.63, 3.8) is 0 Å². The van der Waals surface area contributed by atoms with Gasteiger partial charge in [-0.2, -0.15) is 13.2 Å². The molecule has 0 rings (SSSR count). The topological polar surface area (TPSA) is 37.3 Å². The van der Waals surface area contributed by atoms with Gasteiger partial charge in [0.25, 0.3) is 0 Å². The summed E-state index contributed by atoms with van der Waals surface area (Å²) in [5.41, 5.74) is -1.65. The highest BCUT2D eigenvalue weighted by atomic mass is 19.4. The molecule has 0 bridgehead atoms. The van der Waals surface area contributed by atoms with Crippen LogP contribution in [0, 0.1) is 5.41 Å².